The molecule has 4 rings (SSSR count). The zero-order valence-electron chi connectivity index (χ0n) is 19.5. The summed E-state index contributed by atoms with van der Waals surface area (Å²) in [5.74, 6) is 0.277. The number of hydrogen-bond donors (Lipinski definition) is 1. The van der Waals surface area contributed by atoms with Crippen molar-refractivity contribution >= 4 is 40.0 Å². The highest BCUT2D eigenvalue weighted by molar-refractivity contribution is 6.30. The predicted molar refractivity (Wildman–Crippen MR) is 136 cm³/mol. The zero-order chi connectivity index (χ0) is 24.1. The Morgan fingerprint density at radius 2 is 1.88 bits per heavy atom. The molecule has 3 aromatic carbocycles. The highest BCUT2D eigenvalue weighted by atomic mass is 35.5. The molecule has 0 aliphatic carbocycles. The third kappa shape index (κ3) is 5.88. The molecule has 0 spiro atoms. The van der Waals surface area contributed by atoms with E-state index in [1.165, 1.54) is 0 Å². The molecule has 1 fully saturated rings. The first kappa shape index (κ1) is 24.0. The molecule has 7 heteroatoms. The summed E-state index contributed by atoms with van der Waals surface area (Å²) < 4.78 is 5.98. The Morgan fingerprint density at radius 1 is 1.12 bits per heavy atom. The number of amides is 3. The van der Waals surface area contributed by atoms with Crippen molar-refractivity contribution in [2.24, 2.45) is 5.92 Å². The summed E-state index contributed by atoms with van der Waals surface area (Å²) in [6, 6.07) is 20.6. The van der Waals surface area contributed by atoms with Crippen molar-refractivity contribution in [2.75, 3.05) is 38.1 Å². The maximum Gasteiger partial charge on any atom is 0.322 e. The van der Waals surface area contributed by atoms with Gasteiger partial charge >= 0.3 is 6.03 Å². The Hall–Kier alpha value is -3.09. The molecule has 1 saturated heterocycles. The SMILES string of the molecule is CC(C)CN(C[C@@H]1CN(C(=O)Nc2cccc(Cl)c2)CCO1)C(=O)c1cccc2ccccc12. The van der Waals surface area contributed by atoms with Crippen molar-refractivity contribution < 1.29 is 14.3 Å². The molecule has 1 atom stereocenters. The van der Waals surface area contributed by atoms with Crippen LogP contribution in [0.3, 0.4) is 0 Å². The highest BCUT2D eigenvalue weighted by Gasteiger charge is 2.29. The number of rotatable bonds is 6. The van der Waals surface area contributed by atoms with Crippen LogP contribution in [0.5, 0.6) is 0 Å². The van der Waals surface area contributed by atoms with Gasteiger partial charge in [-0.15, -0.1) is 0 Å². The van der Waals surface area contributed by atoms with Gasteiger partial charge in [-0.25, -0.2) is 4.79 Å². The van der Waals surface area contributed by atoms with Gasteiger partial charge in [-0.3, -0.25) is 4.79 Å². The standard InChI is InChI=1S/C27H30ClN3O3/c1-19(2)16-31(26(32)25-12-5-8-20-7-3-4-11-24(20)25)18-23-17-30(13-14-34-23)27(33)29-22-10-6-9-21(28)15-22/h3-12,15,19,23H,13-14,16-18H2,1-2H3,(H,29,33)/t23-/m0/s1. The number of carbonyl (C=O) groups excluding carboxylic acids is 2. The van der Waals surface area contributed by atoms with Crippen LogP contribution in [0.4, 0.5) is 10.5 Å². The van der Waals surface area contributed by atoms with Gasteiger partial charge in [0.25, 0.3) is 5.91 Å². The molecule has 6 nitrogen and oxygen atoms in total. The third-order valence-electron chi connectivity index (χ3n) is 5.82. The van der Waals surface area contributed by atoms with Crippen molar-refractivity contribution in [1.29, 1.82) is 0 Å². The molecule has 3 aromatic rings. The number of morpholine rings is 1. The summed E-state index contributed by atoms with van der Waals surface area (Å²) in [4.78, 5) is 30.0. The molecule has 0 saturated carbocycles. The number of halogens is 1. The first-order valence-electron chi connectivity index (χ1n) is 11.6. The van der Waals surface area contributed by atoms with E-state index >= 15 is 0 Å². The Balaban J connectivity index is 1.47. The molecule has 34 heavy (non-hydrogen) atoms. The first-order valence-corrected chi connectivity index (χ1v) is 12.0. The van der Waals surface area contributed by atoms with E-state index in [9.17, 15) is 9.59 Å². The van der Waals surface area contributed by atoms with Gasteiger partial charge in [-0.05, 0) is 41.0 Å². The topological polar surface area (TPSA) is 61.9 Å². The van der Waals surface area contributed by atoms with E-state index in [1.807, 2.05) is 47.4 Å². The van der Waals surface area contributed by atoms with Gasteiger partial charge in [0.15, 0.2) is 0 Å². The summed E-state index contributed by atoms with van der Waals surface area (Å²) >= 11 is 6.03. The minimum atomic E-state index is -0.267. The fraction of sp³-hybridized carbons (Fsp3) is 0.333. The molecule has 1 aliphatic heterocycles. The van der Waals surface area contributed by atoms with Crippen molar-refractivity contribution in [3.8, 4) is 0 Å². The van der Waals surface area contributed by atoms with Crippen molar-refractivity contribution in [3.63, 3.8) is 0 Å². The second-order valence-electron chi connectivity index (χ2n) is 9.01. The molecule has 0 aromatic heterocycles. The van der Waals surface area contributed by atoms with Crippen LogP contribution in [0.2, 0.25) is 5.02 Å². The molecule has 0 radical (unpaired) electrons. The zero-order valence-corrected chi connectivity index (χ0v) is 20.3. The third-order valence-corrected chi connectivity index (χ3v) is 6.05. The number of ether oxygens (including phenoxy) is 1. The van der Waals surface area contributed by atoms with E-state index in [4.69, 9.17) is 16.3 Å². The molecular formula is C27H30ClN3O3. The molecule has 1 heterocycles. The van der Waals surface area contributed by atoms with Crippen molar-refractivity contribution in [1.82, 2.24) is 9.80 Å². The average molecular weight is 480 g/mol. The van der Waals surface area contributed by atoms with E-state index in [-0.39, 0.29) is 18.0 Å². The lowest BCUT2D eigenvalue weighted by Gasteiger charge is -2.36. The smallest absolute Gasteiger partial charge is 0.322 e. The van der Waals surface area contributed by atoms with Gasteiger partial charge in [0, 0.05) is 35.9 Å². The predicted octanol–water partition coefficient (Wildman–Crippen LogP) is 5.52. The summed E-state index contributed by atoms with van der Waals surface area (Å²) in [6.45, 7) is 6.53. The van der Waals surface area contributed by atoms with Crippen molar-refractivity contribution in [2.45, 2.75) is 20.0 Å². The van der Waals surface area contributed by atoms with Crippen LogP contribution in [0.1, 0.15) is 24.2 Å². The number of carbonyl (C=O) groups is 2. The molecule has 0 bridgehead atoms. The fourth-order valence-electron chi connectivity index (χ4n) is 4.29. The van der Waals surface area contributed by atoms with Gasteiger partial charge in [-0.1, -0.05) is 67.9 Å². The number of fused-ring (bicyclic) bond motifs is 1. The average Bonchev–Trinajstić information content (AvgIpc) is 2.83. The lowest BCUT2D eigenvalue weighted by atomic mass is 10.0. The summed E-state index contributed by atoms with van der Waals surface area (Å²) in [7, 11) is 0. The van der Waals surface area contributed by atoms with E-state index in [0.717, 1.165) is 10.8 Å². The second kappa shape index (κ2) is 10.9. The van der Waals surface area contributed by atoms with E-state index in [0.29, 0.717) is 55.0 Å². The van der Waals surface area contributed by atoms with Crippen LogP contribution in [-0.2, 0) is 4.74 Å². The largest absolute Gasteiger partial charge is 0.373 e. The van der Waals surface area contributed by atoms with Crippen LogP contribution in [0, 0.1) is 5.92 Å². The summed E-state index contributed by atoms with van der Waals surface area (Å²) in [5, 5.41) is 5.44. The van der Waals surface area contributed by atoms with Gasteiger partial charge in [0.05, 0.1) is 19.3 Å². The number of benzene rings is 3. The van der Waals surface area contributed by atoms with Gasteiger partial charge in [0.2, 0.25) is 0 Å². The Morgan fingerprint density at radius 3 is 2.68 bits per heavy atom. The number of urea groups is 1. The molecule has 178 valence electrons. The van der Waals surface area contributed by atoms with Crippen LogP contribution in [0.15, 0.2) is 66.7 Å². The van der Waals surface area contributed by atoms with E-state index < -0.39 is 0 Å². The van der Waals surface area contributed by atoms with Crippen LogP contribution in [-0.4, -0.2) is 60.6 Å². The molecule has 1 aliphatic rings. The van der Waals surface area contributed by atoms with Crippen LogP contribution < -0.4 is 5.32 Å². The first-order chi connectivity index (χ1) is 16.4. The number of nitrogens with zero attached hydrogens (tertiary/aromatic N) is 2. The Kier molecular flexibility index (Phi) is 7.70. The monoisotopic (exact) mass is 479 g/mol. The number of anilines is 1. The molecule has 0 unspecified atom stereocenters. The van der Waals surface area contributed by atoms with Gasteiger partial charge in [0.1, 0.15) is 0 Å². The normalized spacial score (nSPS) is 16.0. The van der Waals surface area contributed by atoms with E-state index in [2.05, 4.69) is 19.2 Å². The molecule has 1 N–H and O–H groups in total. The van der Waals surface area contributed by atoms with Crippen molar-refractivity contribution in [3.05, 3.63) is 77.3 Å². The second-order valence-corrected chi connectivity index (χ2v) is 9.45. The minimum absolute atomic E-state index is 0.0189. The molecule has 3 amide bonds. The highest BCUT2D eigenvalue weighted by Crippen LogP contribution is 2.22. The van der Waals surface area contributed by atoms with E-state index in [1.54, 1.807) is 29.2 Å². The lowest BCUT2D eigenvalue weighted by Crippen LogP contribution is -2.52. The van der Waals surface area contributed by atoms with Gasteiger partial charge in [-0.2, -0.15) is 0 Å². The fourth-order valence-corrected chi connectivity index (χ4v) is 4.48. The number of hydrogen-bond acceptors (Lipinski definition) is 3. The Bertz CT molecular complexity index is 1160. The Labute approximate surface area is 205 Å². The maximum atomic E-state index is 13.6. The summed E-state index contributed by atoms with van der Waals surface area (Å²) in [6.07, 6.45) is -0.267. The van der Waals surface area contributed by atoms with Crippen LogP contribution in [0.25, 0.3) is 10.8 Å². The minimum Gasteiger partial charge on any atom is -0.373 e. The molecular weight excluding hydrogens is 450 g/mol. The summed E-state index contributed by atoms with van der Waals surface area (Å²) in [5.41, 5.74) is 1.33. The quantitative estimate of drug-likeness (QED) is 0.506. The van der Waals surface area contributed by atoms with Gasteiger partial charge < -0.3 is 19.9 Å². The van der Waals surface area contributed by atoms with Crippen LogP contribution >= 0.6 is 11.6 Å². The number of nitrogens with one attached hydrogen (secondary N) is 1. The maximum absolute atomic E-state index is 13.6. The lowest BCUT2D eigenvalue weighted by molar-refractivity contribution is -0.0272.